The zero-order chi connectivity index (χ0) is 25.4. The number of halogens is 2. The lowest BCUT2D eigenvalue weighted by molar-refractivity contribution is 0.0282. The lowest BCUT2D eigenvalue weighted by atomic mass is 10.1. The molecule has 0 bridgehead atoms. The highest BCUT2D eigenvalue weighted by Gasteiger charge is 2.20. The molecule has 2 heterocycles. The topological polar surface area (TPSA) is 90.1 Å². The Morgan fingerprint density at radius 3 is 2.51 bits per heavy atom. The summed E-state index contributed by atoms with van der Waals surface area (Å²) in [6.45, 7) is 5.42. The second-order valence-electron chi connectivity index (χ2n) is 8.75. The third-order valence-electron chi connectivity index (χ3n) is 5.04. The minimum Gasteiger partial charge on any atom is -0.487 e. The van der Waals surface area contributed by atoms with Crippen LogP contribution in [-0.4, -0.2) is 49.4 Å². The summed E-state index contributed by atoms with van der Waals surface area (Å²) >= 11 is 0. The largest absolute Gasteiger partial charge is 0.487 e. The van der Waals surface area contributed by atoms with Gasteiger partial charge in [-0.15, -0.1) is 0 Å². The van der Waals surface area contributed by atoms with Crippen LogP contribution in [0.15, 0.2) is 65.9 Å². The van der Waals surface area contributed by atoms with Crippen molar-refractivity contribution in [3.8, 4) is 5.75 Å². The van der Waals surface area contributed by atoms with Crippen molar-refractivity contribution >= 4 is 11.3 Å². The van der Waals surface area contributed by atoms with Crippen LogP contribution in [0.1, 0.15) is 45.1 Å². The molecule has 2 aromatic rings. The van der Waals surface area contributed by atoms with E-state index in [9.17, 15) is 18.7 Å². The number of aromatic nitrogens is 4. The average molecular weight is 485 g/mol. The highest BCUT2D eigenvalue weighted by molar-refractivity contribution is 5.70. The maximum Gasteiger partial charge on any atom is 0.203 e. The molecule has 0 aliphatic heterocycles. The Morgan fingerprint density at radius 1 is 1.17 bits per heavy atom. The summed E-state index contributed by atoms with van der Waals surface area (Å²) in [5.74, 6) is 1.28. The van der Waals surface area contributed by atoms with Gasteiger partial charge in [-0.1, -0.05) is 25.2 Å². The van der Waals surface area contributed by atoms with E-state index >= 15 is 0 Å². The van der Waals surface area contributed by atoms with Crippen LogP contribution < -0.4 is 10.2 Å². The van der Waals surface area contributed by atoms with Gasteiger partial charge >= 0.3 is 0 Å². The van der Waals surface area contributed by atoms with E-state index in [1.807, 2.05) is 13.0 Å². The van der Waals surface area contributed by atoms with Gasteiger partial charge in [0.1, 0.15) is 12.3 Å². The van der Waals surface area contributed by atoms with Gasteiger partial charge in [-0.25, -0.2) is 23.4 Å². The molecule has 0 saturated carbocycles. The number of hydrogen-bond acceptors (Lipinski definition) is 6. The quantitative estimate of drug-likeness (QED) is 0.659. The van der Waals surface area contributed by atoms with Crippen LogP contribution in [0.5, 0.6) is 5.75 Å². The summed E-state index contributed by atoms with van der Waals surface area (Å²) in [6, 6.07) is 1.37. The zero-order valence-corrected chi connectivity index (χ0v) is 20.1. The minimum absolute atomic E-state index is 0.149. The highest BCUT2D eigenvalue weighted by Crippen LogP contribution is 2.20. The first kappa shape index (κ1) is 26.2. The van der Waals surface area contributed by atoms with Crippen LogP contribution in [0.2, 0.25) is 0 Å². The van der Waals surface area contributed by atoms with Crippen molar-refractivity contribution < 1.29 is 18.6 Å². The molecule has 0 amide bonds. The molecule has 0 saturated heterocycles. The summed E-state index contributed by atoms with van der Waals surface area (Å²) in [7, 11) is 0. The number of ether oxygens (including phenoxy) is 1. The first-order valence-electron chi connectivity index (χ1n) is 11.5. The smallest absolute Gasteiger partial charge is 0.203 e. The van der Waals surface area contributed by atoms with Crippen LogP contribution in [0.3, 0.4) is 0 Å². The Bertz CT molecular complexity index is 1180. The minimum atomic E-state index is -1.67. The van der Waals surface area contributed by atoms with Gasteiger partial charge in [-0.05, 0) is 51.3 Å². The van der Waals surface area contributed by atoms with Gasteiger partial charge in [-0.3, -0.25) is 4.79 Å². The first-order valence-corrected chi connectivity index (χ1v) is 11.5. The Morgan fingerprint density at radius 2 is 1.91 bits per heavy atom. The normalized spacial score (nSPS) is 19.4. The molecule has 0 aromatic carbocycles. The van der Waals surface area contributed by atoms with Gasteiger partial charge in [0, 0.05) is 17.8 Å². The van der Waals surface area contributed by atoms with E-state index < -0.39 is 17.9 Å². The Hall–Kier alpha value is -3.46. The maximum absolute atomic E-state index is 13.2. The Balaban J connectivity index is 0.000000196. The molecule has 2 aromatic heterocycles. The third kappa shape index (κ3) is 7.78. The predicted molar refractivity (Wildman–Crippen MR) is 131 cm³/mol. The fourth-order valence-electron chi connectivity index (χ4n) is 3.17. The number of aliphatic hydroxyl groups is 1. The van der Waals surface area contributed by atoms with Crippen molar-refractivity contribution in [2.45, 2.75) is 58.0 Å². The van der Waals surface area contributed by atoms with Crippen molar-refractivity contribution in [1.82, 2.24) is 19.7 Å². The molecular formula is C26H30F2N4O3. The van der Waals surface area contributed by atoms with E-state index in [-0.39, 0.29) is 12.0 Å². The predicted octanol–water partition coefficient (Wildman–Crippen LogP) is 4.25. The monoisotopic (exact) mass is 484 g/mol. The second-order valence-corrected chi connectivity index (χ2v) is 8.75. The van der Waals surface area contributed by atoms with Gasteiger partial charge in [0.15, 0.2) is 23.9 Å². The van der Waals surface area contributed by atoms with E-state index in [1.54, 1.807) is 26.2 Å². The molecule has 2 unspecified atom stereocenters. The highest BCUT2D eigenvalue weighted by atomic mass is 19.2. The molecule has 186 valence electrons. The molecule has 0 fully saturated rings. The molecule has 4 rings (SSSR count). The van der Waals surface area contributed by atoms with Gasteiger partial charge in [0.25, 0.3) is 0 Å². The average Bonchev–Trinajstić information content (AvgIpc) is 2.86. The summed E-state index contributed by atoms with van der Waals surface area (Å²) in [5, 5.41) is 13.6. The summed E-state index contributed by atoms with van der Waals surface area (Å²) < 4.78 is 32.8. The van der Waals surface area contributed by atoms with Crippen LogP contribution in [0.4, 0.5) is 8.78 Å². The third-order valence-corrected chi connectivity index (χ3v) is 5.04. The van der Waals surface area contributed by atoms with Crippen molar-refractivity contribution in [3.63, 3.8) is 0 Å². The number of allylic oxidation sites excluding steroid dienone is 8. The summed E-state index contributed by atoms with van der Waals surface area (Å²) in [4.78, 5) is 19.9. The maximum atomic E-state index is 13.2. The van der Waals surface area contributed by atoms with Crippen LogP contribution in [0.25, 0.3) is 11.3 Å². The van der Waals surface area contributed by atoms with Gasteiger partial charge in [0.2, 0.25) is 5.43 Å². The number of nitrogens with zero attached hydrogens (tertiary/aromatic N) is 4. The molecule has 7 nitrogen and oxygen atoms in total. The van der Waals surface area contributed by atoms with Crippen molar-refractivity contribution in [2.24, 2.45) is 0 Å². The van der Waals surface area contributed by atoms with E-state index in [0.29, 0.717) is 29.4 Å². The molecule has 2 aliphatic rings. The molecule has 0 spiro atoms. The molecule has 2 atom stereocenters. The number of hydrogen-bond donors (Lipinski definition) is 1. The Labute approximate surface area is 203 Å². The van der Waals surface area contributed by atoms with E-state index in [4.69, 9.17) is 4.74 Å². The van der Waals surface area contributed by atoms with Gasteiger partial charge < -0.3 is 9.84 Å². The first-order chi connectivity index (χ1) is 16.7. The molecule has 1 N–H and O–H groups in total. The van der Waals surface area contributed by atoms with Crippen LogP contribution in [0, 0.1) is 0 Å². The van der Waals surface area contributed by atoms with E-state index in [2.05, 4.69) is 27.2 Å². The van der Waals surface area contributed by atoms with Crippen molar-refractivity contribution in [3.05, 3.63) is 82.9 Å². The van der Waals surface area contributed by atoms with Gasteiger partial charge in [0.05, 0.1) is 23.7 Å². The van der Waals surface area contributed by atoms with Crippen LogP contribution in [-0.2, 0) is 6.42 Å². The molecule has 9 heteroatoms. The van der Waals surface area contributed by atoms with Crippen LogP contribution >= 0.6 is 0 Å². The van der Waals surface area contributed by atoms with E-state index in [0.717, 1.165) is 30.6 Å². The zero-order valence-electron chi connectivity index (χ0n) is 20.1. The number of aryl methyl sites for hydroxylation is 1. The van der Waals surface area contributed by atoms with Gasteiger partial charge in [-0.2, -0.15) is 5.10 Å². The van der Waals surface area contributed by atoms with E-state index in [1.165, 1.54) is 23.0 Å². The SMILES string of the molecule is CC(C)(O)COc1cnc(C2=CCCC=C2)nc1.CCc1nn(C2=CC(F)C(F)C=C2)ccc1=O. The fourth-order valence-corrected chi connectivity index (χ4v) is 3.17. The molecular weight excluding hydrogens is 454 g/mol. The molecule has 35 heavy (non-hydrogen) atoms. The molecule has 0 radical (unpaired) electrons. The number of alkyl halides is 2. The number of rotatable bonds is 6. The molecule has 2 aliphatic carbocycles. The van der Waals surface area contributed by atoms with Crippen molar-refractivity contribution in [1.29, 1.82) is 0 Å². The van der Waals surface area contributed by atoms with Crippen molar-refractivity contribution in [2.75, 3.05) is 6.61 Å². The summed E-state index contributed by atoms with van der Waals surface area (Å²) in [6.07, 6.45) is 14.1. The lowest BCUT2D eigenvalue weighted by Crippen LogP contribution is -2.27. The standard InChI is InChI=1S/C14H18N2O2.C12H12F2N2O/c1-14(2,17)10-18-12-8-15-13(16-9-12)11-6-4-3-5-7-11;1-2-11-12(17)5-6-16(15-11)8-3-4-9(13)10(14)7-8/h4,6-9,17H,3,5,10H2,1-2H3;3-7,9-10H,2H2,1H3. The fraction of sp³-hybridized carbons (Fsp3) is 0.385. The Kier molecular flexibility index (Phi) is 8.81. The lowest BCUT2D eigenvalue weighted by Gasteiger charge is -2.17. The summed E-state index contributed by atoms with van der Waals surface area (Å²) in [5.41, 5.74) is 0.883. The second kappa shape index (κ2) is 11.8.